The monoisotopic (exact) mass is 296 g/mol. The van der Waals surface area contributed by atoms with Gasteiger partial charge in [-0.25, -0.2) is 9.97 Å². The average molecular weight is 296 g/mol. The van der Waals surface area contributed by atoms with Gasteiger partial charge < -0.3 is 4.74 Å². The predicted molar refractivity (Wildman–Crippen MR) is 83.7 cm³/mol. The summed E-state index contributed by atoms with van der Waals surface area (Å²) in [6.07, 6.45) is 8.89. The molecule has 1 saturated carbocycles. The number of benzene rings is 1. The van der Waals surface area contributed by atoms with Crippen molar-refractivity contribution in [3.05, 3.63) is 54.6 Å². The standard InChI is InChI=1S/C18H20N2O2/c21-16-6-8-18(9-7-16,15-4-2-1-3-5-15)10-11-22-17-12-19-14-20-13-17/h1-5,12-14H,6-11H2. The highest BCUT2D eigenvalue weighted by atomic mass is 16.5. The van der Waals surface area contributed by atoms with Crippen LogP contribution in [0, 0.1) is 0 Å². The van der Waals surface area contributed by atoms with Crippen molar-refractivity contribution < 1.29 is 9.53 Å². The Hall–Kier alpha value is -2.23. The zero-order chi connectivity index (χ0) is 15.3. The molecule has 1 heterocycles. The molecule has 0 atom stereocenters. The van der Waals surface area contributed by atoms with E-state index < -0.39 is 0 Å². The van der Waals surface area contributed by atoms with Gasteiger partial charge in [0.05, 0.1) is 19.0 Å². The molecule has 114 valence electrons. The van der Waals surface area contributed by atoms with E-state index in [1.807, 2.05) is 6.07 Å². The molecule has 1 aromatic heterocycles. The number of nitrogens with zero attached hydrogens (tertiary/aromatic N) is 2. The van der Waals surface area contributed by atoms with Crippen molar-refractivity contribution in [3.63, 3.8) is 0 Å². The summed E-state index contributed by atoms with van der Waals surface area (Å²) < 4.78 is 5.77. The summed E-state index contributed by atoms with van der Waals surface area (Å²) in [5.74, 6) is 1.07. The number of carbonyl (C=O) groups excluding carboxylic acids is 1. The Morgan fingerprint density at radius 1 is 1.05 bits per heavy atom. The molecular formula is C18H20N2O2. The second-order valence-electron chi connectivity index (χ2n) is 5.86. The summed E-state index contributed by atoms with van der Waals surface area (Å²) in [6, 6.07) is 10.5. The number of aromatic nitrogens is 2. The first-order valence-corrected chi connectivity index (χ1v) is 7.74. The van der Waals surface area contributed by atoms with Gasteiger partial charge in [0.2, 0.25) is 0 Å². The molecule has 3 rings (SSSR count). The highest BCUT2D eigenvalue weighted by molar-refractivity contribution is 5.79. The fourth-order valence-electron chi connectivity index (χ4n) is 3.21. The van der Waals surface area contributed by atoms with Crippen LogP contribution < -0.4 is 4.74 Å². The summed E-state index contributed by atoms with van der Waals surface area (Å²) in [6.45, 7) is 0.608. The zero-order valence-corrected chi connectivity index (χ0v) is 12.6. The van der Waals surface area contributed by atoms with Crippen LogP contribution in [0.4, 0.5) is 0 Å². The van der Waals surface area contributed by atoms with Crippen LogP contribution >= 0.6 is 0 Å². The highest BCUT2D eigenvalue weighted by Crippen LogP contribution is 2.41. The van der Waals surface area contributed by atoms with E-state index in [0.29, 0.717) is 31.0 Å². The summed E-state index contributed by atoms with van der Waals surface area (Å²) >= 11 is 0. The Morgan fingerprint density at radius 2 is 1.73 bits per heavy atom. The lowest BCUT2D eigenvalue weighted by Crippen LogP contribution is -2.33. The van der Waals surface area contributed by atoms with E-state index in [4.69, 9.17) is 4.74 Å². The highest BCUT2D eigenvalue weighted by Gasteiger charge is 2.36. The van der Waals surface area contributed by atoms with Gasteiger partial charge in [0.15, 0.2) is 5.75 Å². The van der Waals surface area contributed by atoms with Crippen molar-refractivity contribution in [1.82, 2.24) is 9.97 Å². The van der Waals surface area contributed by atoms with E-state index in [1.54, 1.807) is 12.4 Å². The second-order valence-corrected chi connectivity index (χ2v) is 5.86. The van der Waals surface area contributed by atoms with Crippen LogP contribution in [-0.4, -0.2) is 22.4 Å². The molecule has 2 aromatic rings. The number of carbonyl (C=O) groups is 1. The Balaban J connectivity index is 1.71. The Morgan fingerprint density at radius 3 is 2.41 bits per heavy atom. The molecule has 1 aromatic carbocycles. The number of Topliss-reactive ketones (excluding diaryl/α,β-unsaturated/α-hetero) is 1. The summed E-state index contributed by atoms with van der Waals surface area (Å²) in [7, 11) is 0. The third-order valence-corrected chi connectivity index (χ3v) is 4.54. The first kappa shape index (κ1) is 14.7. The lowest BCUT2D eigenvalue weighted by atomic mass is 9.67. The molecule has 0 saturated heterocycles. The van der Waals surface area contributed by atoms with E-state index in [0.717, 1.165) is 19.3 Å². The van der Waals surface area contributed by atoms with Crippen LogP contribution in [0.2, 0.25) is 0 Å². The fourth-order valence-corrected chi connectivity index (χ4v) is 3.21. The van der Waals surface area contributed by atoms with Crippen molar-refractivity contribution in [3.8, 4) is 5.75 Å². The van der Waals surface area contributed by atoms with Gasteiger partial charge in [-0.3, -0.25) is 4.79 Å². The molecule has 0 amide bonds. The number of rotatable bonds is 5. The Bertz CT molecular complexity index is 603. The third kappa shape index (κ3) is 3.32. The molecule has 0 unspecified atom stereocenters. The number of ether oxygens (including phenoxy) is 1. The lowest BCUT2D eigenvalue weighted by molar-refractivity contribution is -0.121. The van der Waals surface area contributed by atoms with Crippen LogP contribution in [0.1, 0.15) is 37.7 Å². The molecule has 0 spiro atoms. The number of ketones is 1. The van der Waals surface area contributed by atoms with Crippen molar-refractivity contribution in [1.29, 1.82) is 0 Å². The van der Waals surface area contributed by atoms with E-state index in [1.165, 1.54) is 11.9 Å². The van der Waals surface area contributed by atoms with E-state index in [2.05, 4.69) is 34.2 Å². The summed E-state index contributed by atoms with van der Waals surface area (Å²) in [4.78, 5) is 19.5. The van der Waals surface area contributed by atoms with Crippen LogP contribution in [-0.2, 0) is 10.2 Å². The SMILES string of the molecule is O=C1CCC(CCOc2cncnc2)(c2ccccc2)CC1. The first-order chi connectivity index (χ1) is 10.8. The Kier molecular flexibility index (Phi) is 4.47. The summed E-state index contributed by atoms with van der Waals surface area (Å²) in [5.41, 5.74) is 1.36. The van der Waals surface area contributed by atoms with Crippen LogP contribution in [0.3, 0.4) is 0 Å². The van der Waals surface area contributed by atoms with Gasteiger partial charge in [-0.2, -0.15) is 0 Å². The largest absolute Gasteiger partial charge is 0.490 e. The molecule has 1 aliphatic carbocycles. The minimum atomic E-state index is 0.0464. The molecule has 1 fully saturated rings. The molecule has 22 heavy (non-hydrogen) atoms. The molecule has 1 aliphatic rings. The fraction of sp³-hybridized carbons (Fsp3) is 0.389. The van der Waals surface area contributed by atoms with Gasteiger partial charge in [0, 0.05) is 12.8 Å². The zero-order valence-electron chi connectivity index (χ0n) is 12.6. The second kappa shape index (κ2) is 6.69. The number of hydrogen-bond acceptors (Lipinski definition) is 4. The maximum absolute atomic E-state index is 11.6. The topological polar surface area (TPSA) is 52.1 Å². The van der Waals surface area contributed by atoms with Gasteiger partial charge >= 0.3 is 0 Å². The average Bonchev–Trinajstić information content (AvgIpc) is 2.59. The lowest BCUT2D eigenvalue weighted by Gasteiger charge is -2.37. The van der Waals surface area contributed by atoms with Gasteiger partial charge in [0.25, 0.3) is 0 Å². The van der Waals surface area contributed by atoms with Gasteiger partial charge in [-0.1, -0.05) is 30.3 Å². The molecular weight excluding hydrogens is 276 g/mol. The molecule has 0 bridgehead atoms. The minimum Gasteiger partial charge on any atom is -0.490 e. The van der Waals surface area contributed by atoms with Crippen molar-refractivity contribution in [2.24, 2.45) is 0 Å². The molecule has 4 nitrogen and oxygen atoms in total. The number of hydrogen-bond donors (Lipinski definition) is 0. The molecule has 4 heteroatoms. The quantitative estimate of drug-likeness (QED) is 0.849. The van der Waals surface area contributed by atoms with Crippen LogP contribution in [0.5, 0.6) is 5.75 Å². The maximum atomic E-state index is 11.6. The van der Waals surface area contributed by atoms with Crippen molar-refractivity contribution in [2.45, 2.75) is 37.5 Å². The van der Waals surface area contributed by atoms with E-state index >= 15 is 0 Å². The van der Waals surface area contributed by atoms with Gasteiger partial charge in [-0.05, 0) is 30.2 Å². The third-order valence-electron chi connectivity index (χ3n) is 4.54. The summed E-state index contributed by atoms with van der Waals surface area (Å²) in [5, 5.41) is 0. The van der Waals surface area contributed by atoms with E-state index in [-0.39, 0.29) is 5.41 Å². The van der Waals surface area contributed by atoms with Gasteiger partial charge in [0.1, 0.15) is 12.1 Å². The first-order valence-electron chi connectivity index (χ1n) is 7.74. The van der Waals surface area contributed by atoms with Crippen LogP contribution in [0.25, 0.3) is 0 Å². The molecule has 0 radical (unpaired) electrons. The van der Waals surface area contributed by atoms with E-state index in [9.17, 15) is 4.79 Å². The minimum absolute atomic E-state index is 0.0464. The predicted octanol–water partition coefficient (Wildman–Crippen LogP) is 3.33. The normalized spacial score (nSPS) is 17.2. The Labute approximate surface area is 130 Å². The smallest absolute Gasteiger partial charge is 0.155 e. The van der Waals surface area contributed by atoms with Gasteiger partial charge in [-0.15, -0.1) is 0 Å². The van der Waals surface area contributed by atoms with Crippen molar-refractivity contribution >= 4 is 5.78 Å². The maximum Gasteiger partial charge on any atom is 0.155 e. The molecule has 0 N–H and O–H groups in total. The van der Waals surface area contributed by atoms with Crippen LogP contribution in [0.15, 0.2) is 49.1 Å². The van der Waals surface area contributed by atoms with Crippen molar-refractivity contribution in [2.75, 3.05) is 6.61 Å². The molecule has 0 aliphatic heterocycles.